The van der Waals surface area contributed by atoms with Gasteiger partial charge in [-0.1, -0.05) is 12.1 Å². The number of aromatic nitrogens is 2. The fourth-order valence-corrected chi connectivity index (χ4v) is 1.76. The lowest BCUT2D eigenvalue weighted by atomic mass is 10.2. The summed E-state index contributed by atoms with van der Waals surface area (Å²) in [5, 5.41) is 14.4. The lowest BCUT2D eigenvalue weighted by Crippen LogP contribution is -2.26. The highest BCUT2D eigenvalue weighted by atomic mass is 16.6. The number of nitrogens with one attached hydrogen (secondary N) is 3. The summed E-state index contributed by atoms with van der Waals surface area (Å²) in [6.07, 6.45) is 0.865. The molecule has 0 spiro atoms. The van der Waals surface area contributed by atoms with Gasteiger partial charge in [0.05, 0.1) is 23.1 Å². The number of aromatic amines is 2. The molecule has 1 aromatic heterocycles. The largest absolute Gasteiger partial charge is 0.325 e. The number of benzene rings is 1. The molecular formula is C13H11N5O5. The lowest BCUT2D eigenvalue weighted by Gasteiger charge is -2.00. The molecule has 1 heterocycles. The molecule has 1 aromatic carbocycles. The van der Waals surface area contributed by atoms with Crippen LogP contribution in [-0.2, 0) is 11.2 Å². The van der Waals surface area contributed by atoms with Gasteiger partial charge in [-0.05, 0) is 6.07 Å². The van der Waals surface area contributed by atoms with Crippen LogP contribution in [0.3, 0.4) is 0 Å². The third kappa shape index (κ3) is 4.46. The molecular weight excluding hydrogens is 306 g/mol. The number of para-hydroxylation sites is 1. The quantitative estimate of drug-likeness (QED) is 0.392. The highest BCUT2D eigenvalue weighted by Gasteiger charge is 2.10. The maximum Gasteiger partial charge on any atom is 0.325 e. The van der Waals surface area contributed by atoms with E-state index in [0.717, 1.165) is 12.3 Å². The van der Waals surface area contributed by atoms with E-state index < -0.39 is 22.1 Å². The highest BCUT2D eigenvalue weighted by molar-refractivity contribution is 5.86. The molecule has 0 aliphatic carbocycles. The molecule has 2 aromatic rings. The molecule has 0 radical (unpaired) electrons. The van der Waals surface area contributed by atoms with Crippen LogP contribution >= 0.6 is 0 Å². The maximum atomic E-state index is 11.7. The number of nitro groups is 1. The molecule has 10 nitrogen and oxygen atoms in total. The first-order valence-corrected chi connectivity index (χ1v) is 6.33. The molecule has 0 aliphatic heterocycles. The molecule has 0 bridgehead atoms. The van der Waals surface area contributed by atoms with Crippen LogP contribution < -0.4 is 16.7 Å². The van der Waals surface area contributed by atoms with E-state index >= 15 is 0 Å². The summed E-state index contributed by atoms with van der Waals surface area (Å²) in [4.78, 5) is 48.3. The Bertz CT molecular complexity index is 854. The SMILES string of the molecule is O=C(Cc1cc(=O)[nH]c(=O)[nH]1)NN=Cc1ccccc1[N+](=O)[O-]. The van der Waals surface area contributed by atoms with Gasteiger partial charge < -0.3 is 4.98 Å². The molecule has 23 heavy (non-hydrogen) atoms. The predicted molar refractivity (Wildman–Crippen MR) is 80.2 cm³/mol. The smallest absolute Gasteiger partial charge is 0.311 e. The summed E-state index contributed by atoms with van der Waals surface area (Å²) >= 11 is 0. The van der Waals surface area contributed by atoms with Crippen LogP contribution in [0.5, 0.6) is 0 Å². The number of carbonyl (C=O) groups is 1. The van der Waals surface area contributed by atoms with Crippen molar-refractivity contribution >= 4 is 17.8 Å². The number of nitrogens with zero attached hydrogens (tertiary/aromatic N) is 2. The van der Waals surface area contributed by atoms with E-state index in [-0.39, 0.29) is 23.4 Å². The highest BCUT2D eigenvalue weighted by Crippen LogP contribution is 2.14. The van der Waals surface area contributed by atoms with Gasteiger partial charge in [0, 0.05) is 17.8 Å². The van der Waals surface area contributed by atoms with Gasteiger partial charge in [0.15, 0.2) is 0 Å². The number of nitro benzene ring substituents is 1. The van der Waals surface area contributed by atoms with Crippen LogP contribution in [0.15, 0.2) is 45.0 Å². The van der Waals surface area contributed by atoms with Crippen LogP contribution in [0.4, 0.5) is 5.69 Å². The monoisotopic (exact) mass is 317 g/mol. The van der Waals surface area contributed by atoms with Crippen LogP contribution in [0.1, 0.15) is 11.3 Å². The van der Waals surface area contributed by atoms with Gasteiger partial charge in [0.25, 0.3) is 11.2 Å². The Hall–Kier alpha value is -3.56. The molecule has 118 valence electrons. The number of H-pyrrole nitrogens is 2. The first-order valence-electron chi connectivity index (χ1n) is 6.33. The summed E-state index contributed by atoms with van der Waals surface area (Å²) in [5.41, 5.74) is 1.01. The summed E-state index contributed by atoms with van der Waals surface area (Å²) in [5.74, 6) is -0.596. The second kappa shape index (κ2) is 6.93. The molecule has 3 N–H and O–H groups in total. The topological polar surface area (TPSA) is 150 Å². The van der Waals surface area contributed by atoms with Gasteiger partial charge in [0.2, 0.25) is 5.91 Å². The summed E-state index contributed by atoms with van der Waals surface area (Å²) < 4.78 is 0. The van der Waals surface area contributed by atoms with Gasteiger partial charge in [-0.15, -0.1) is 0 Å². The molecule has 0 aliphatic rings. The van der Waals surface area contributed by atoms with Crippen molar-refractivity contribution < 1.29 is 9.72 Å². The van der Waals surface area contributed by atoms with Gasteiger partial charge in [-0.3, -0.25) is 24.7 Å². The number of hydrogen-bond donors (Lipinski definition) is 3. The zero-order chi connectivity index (χ0) is 16.8. The molecule has 0 saturated carbocycles. The average molecular weight is 317 g/mol. The van der Waals surface area contributed by atoms with E-state index in [1.165, 1.54) is 18.2 Å². The first-order chi connectivity index (χ1) is 11.0. The van der Waals surface area contributed by atoms with Crippen molar-refractivity contribution in [3.05, 3.63) is 72.5 Å². The van der Waals surface area contributed by atoms with E-state index in [4.69, 9.17) is 0 Å². The van der Waals surface area contributed by atoms with Crippen molar-refractivity contribution in [2.45, 2.75) is 6.42 Å². The van der Waals surface area contributed by atoms with Crippen molar-refractivity contribution in [2.75, 3.05) is 0 Å². The van der Waals surface area contributed by atoms with Gasteiger partial charge >= 0.3 is 5.69 Å². The van der Waals surface area contributed by atoms with Crippen LogP contribution in [-0.4, -0.2) is 27.0 Å². The summed E-state index contributed by atoms with van der Waals surface area (Å²) in [6.45, 7) is 0. The molecule has 0 atom stereocenters. The van der Waals surface area contributed by atoms with Crippen LogP contribution in [0, 0.1) is 10.1 Å². The summed E-state index contributed by atoms with van der Waals surface area (Å²) in [6, 6.07) is 6.97. The Balaban J connectivity index is 2.03. The van der Waals surface area contributed by atoms with Crippen molar-refractivity contribution in [1.82, 2.24) is 15.4 Å². The van der Waals surface area contributed by atoms with Crippen molar-refractivity contribution in [3.63, 3.8) is 0 Å². The molecule has 1 amide bonds. The Labute approximate surface area is 128 Å². The Kier molecular flexibility index (Phi) is 4.77. The maximum absolute atomic E-state index is 11.7. The third-order valence-electron chi connectivity index (χ3n) is 2.69. The zero-order valence-corrected chi connectivity index (χ0v) is 11.6. The predicted octanol–water partition coefficient (Wildman–Crippen LogP) is -0.336. The Morgan fingerprint density at radius 3 is 2.74 bits per heavy atom. The van der Waals surface area contributed by atoms with E-state index in [1.54, 1.807) is 6.07 Å². The number of hydrazone groups is 1. The van der Waals surface area contributed by atoms with E-state index in [0.29, 0.717) is 0 Å². The lowest BCUT2D eigenvalue weighted by molar-refractivity contribution is -0.385. The minimum Gasteiger partial charge on any atom is -0.311 e. The fourth-order valence-electron chi connectivity index (χ4n) is 1.76. The fraction of sp³-hybridized carbons (Fsp3) is 0.0769. The van der Waals surface area contributed by atoms with Crippen LogP contribution in [0.25, 0.3) is 0 Å². The molecule has 10 heteroatoms. The number of hydrogen-bond acceptors (Lipinski definition) is 6. The molecule has 0 unspecified atom stereocenters. The number of carbonyl (C=O) groups excluding carboxylic acids is 1. The normalized spacial score (nSPS) is 10.6. The van der Waals surface area contributed by atoms with Crippen molar-refractivity contribution in [1.29, 1.82) is 0 Å². The van der Waals surface area contributed by atoms with Gasteiger partial charge in [0.1, 0.15) is 0 Å². The van der Waals surface area contributed by atoms with Crippen LogP contribution in [0.2, 0.25) is 0 Å². The minimum absolute atomic E-state index is 0.122. The minimum atomic E-state index is -0.719. The molecule has 2 rings (SSSR count). The standard InChI is InChI=1S/C13H11N5O5/c19-11-5-9(15-13(21)16-11)6-12(20)17-14-7-8-3-1-2-4-10(8)18(22)23/h1-5,7H,6H2,(H,17,20)(H2,15,16,19,21). The average Bonchev–Trinajstić information content (AvgIpc) is 2.46. The van der Waals surface area contributed by atoms with E-state index in [2.05, 4.69) is 15.5 Å². The van der Waals surface area contributed by atoms with Crippen molar-refractivity contribution in [2.24, 2.45) is 5.10 Å². The third-order valence-corrected chi connectivity index (χ3v) is 2.69. The van der Waals surface area contributed by atoms with Crippen molar-refractivity contribution in [3.8, 4) is 0 Å². The number of rotatable bonds is 5. The first kappa shape index (κ1) is 15.8. The van der Waals surface area contributed by atoms with E-state index in [9.17, 15) is 24.5 Å². The zero-order valence-electron chi connectivity index (χ0n) is 11.6. The molecule has 0 saturated heterocycles. The second-order valence-electron chi connectivity index (χ2n) is 4.40. The van der Waals surface area contributed by atoms with Gasteiger partial charge in [-0.25, -0.2) is 10.2 Å². The Morgan fingerprint density at radius 1 is 1.30 bits per heavy atom. The van der Waals surface area contributed by atoms with Gasteiger partial charge in [-0.2, -0.15) is 5.10 Å². The second-order valence-corrected chi connectivity index (χ2v) is 4.40. The van der Waals surface area contributed by atoms with E-state index in [1.807, 2.05) is 4.98 Å². The summed E-state index contributed by atoms with van der Waals surface area (Å²) in [7, 11) is 0. The molecule has 0 fully saturated rings. The Morgan fingerprint density at radius 2 is 2.04 bits per heavy atom. The number of amides is 1.